The van der Waals surface area contributed by atoms with Gasteiger partial charge < -0.3 is 10.1 Å². The maximum absolute atomic E-state index is 13.7. The lowest BCUT2D eigenvalue weighted by molar-refractivity contribution is -0.137. The Morgan fingerprint density at radius 2 is 1.79 bits per heavy atom. The molecule has 34 heavy (non-hydrogen) atoms. The minimum atomic E-state index is -4.76. The Morgan fingerprint density at radius 3 is 2.41 bits per heavy atom. The summed E-state index contributed by atoms with van der Waals surface area (Å²) in [6.45, 7) is 4.25. The highest BCUT2D eigenvalue weighted by Gasteiger charge is 2.32. The van der Waals surface area contributed by atoms with Gasteiger partial charge in [-0.2, -0.15) is 18.3 Å². The molecule has 4 rings (SSSR count). The number of carbonyl (C=O) groups is 1. The van der Waals surface area contributed by atoms with Gasteiger partial charge in [0.1, 0.15) is 11.6 Å². The molecule has 9 heteroatoms. The highest BCUT2D eigenvalue weighted by molar-refractivity contribution is 6.06. The van der Waals surface area contributed by atoms with Gasteiger partial charge in [-0.3, -0.25) is 9.48 Å². The van der Waals surface area contributed by atoms with Crippen LogP contribution in [-0.2, 0) is 6.18 Å². The second kappa shape index (κ2) is 10.9. The molecule has 5 nitrogen and oxygen atoms in total. The van der Waals surface area contributed by atoms with Crippen molar-refractivity contribution in [3.8, 4) is 5.75 Å². The molecule has 1 aromatic heterocycles. The second-order valence-corrected chi connectivity index (χ2v) is 8.40. The number of amides is 1. The van der Waals surface area contributed by atoms with Gasteiger partial charge in [-0.25, -0.2) is 4.39 Å². The van der Waals surface area contributed by atoms with E-state index in [0.717, 1.165) is 37.1 Å². The van der Waals surface area contributed by atoms with Crippen molar-refractivity contribution in [2.45, 2.75) is 64.6 Å². The molecule has 1 aliphatic rings. The number of aromatic nitrogens is 2. The first kappa shape index (κ1) is 25.5. The van der Waals surface area contributed by atoms with Gasteiger partial charge in [0.25, 0.3) is 5.91 Å². The summed E-state index contributed by atoms with van der Waals surface area (Å²) in [4.78, 5) is 12.6. The summed E-state index contributed by atoms with van der Waals surface area (Å²) in [5.74, 6) is -1.71. The number of anilines is 1. The molecule has 1 N–H and O–H groups in total. The molecule has 2 aromatic carbocycles. The molecule has 1 fully saturated rings. The van der Waals surface area contributed by atoms with E-state index in [9.17, 15) is 22.4 Å². The molecule has 1 heterocycles. The third-order valence-electron chi connectivity index (χ3n) is 5.53. The number of ether oxygens (including phenoxy) is 1. The van der Waals surface area contributed by atoms with Crippen LogP contribution in [0.5, 0.6) is 5.75 Å². The van der Waals surface area contributed by atoms with E-state index in [2.05, 4.69) is 24.3 Å². The number of hydrogen-bond acceptors (Lipinski definition) is 3. The Hall–Kier alpha value is -3.10. The molecule has 3 aromatic rings. The maximum atomic E-state index is 13.7. The Labute approximate surface area is 196 Å². The van der Waals surface area contributed by atoms with E-state index in [1.807, 2.05) is 10.9 Å². The minimum Gasteiger partial charge on any atom is -0.494 e. The van der Waals surface area contributed by atoms with Crippen LogP contribution in [-0.4, -0.2) is 22.8 Å². The SMILES string of the molecule is CCC.COc1cc2nn(C3CCCCC3)cc2cc1NC(=O)c1cc(F)cc(C(F)(F)F)c1. The van der Waals surface area contributed by atoms with Crippen molar-refractivity contribution in [3.63, 3.8) is 0 Å². The van der Waals surface area contributed by atoms with Crippen molar-refractivity contribution in [1.82, 2.24) is 9.78 Å². The van der Waals surface area contributed by atoms with Crippen molar-refractivity contribution in [1.29, 1.82) is 0 Å². The lowest BCUT2D eigenvalue weighted by Gasteiger charge is -2.21. The molecule has 0 spiro atoms. The molecular formula is C25H29F4N3O2. The Kier molecular flexibility index (Phi) is 8.17. The third-order valence-corrected chi connectivity index (χ3v) is 5.53. The molecular weight excluding hydrogens is 450 g/mol. The number of rotatable bonds is 4. The van der Waals surface area contributed by atoms with Crippen LogP contribution in [0, 0.1) is 5.82 Å². The number of nitrogens with zero attached hydrogens (tertiary/aromatic N) is 2. The summed E-state index contributed by atoms with van der Waals surface area (Å²) < 4.78 is 59.8. The average molecular weight is 480 g/mol. The largest absolute Gasteiger partial charge is 0.494 e. The quantitative estimate of drug-likeness (QED) is 0.397. The first-order valence-electron chi connectivity index (χ1n) is 11.4. The van der Waals surface area contributed by atoms with Crippen molar-refractivity contribution in [3.05, 3.63) is 53.5 Å². The second-order valence-electron chi connectivity index (χ2n) is 8.40. The highest BCUT2D eigenvalue weighted by Crippen LogP contribution is 2.34. The molecule has 1 saturated carbocycles. The van der Waals surface area contributed by atoms with E-state index in [1.54, 1.807) is 12.1 Å². The van der Waals surface area contributed by atoms with E-state index in [4.69, 9.17) is 4.74 Å². The van der Waals surface area contributed by atoms with Crippen LogP contribution >= 0.6 is 0 Å². The smallest absolute Gasteiger partial charge is 0.416 e. The number of alkyl halides is 3. The van der Waals surface area contributed by atoms with Crippen LogP contribution in [0.2, 0.25) is 0 Å². The third kappa shape index (κ3) is 6.07. The standard InChI is InChI=1S/C22H21F4N3O2.C3H8/c1-31-20-11-18-14(12-29(28-18)17-5-3-2-4-6-17)9-19(20)27-21(30)13-7-15(22(24,25)26)10-16(23)8-13;1-3-2/h7-12,17H,2-6H2,1H3,(H,27,30);3H2,1-2H3. The number of carbonyl (C=O) groups excluding carboxylic acids is 1. The van der Waals surface area contributed by atoms with E-state index in [-0.39, 0.29) is 5.69 Å². The molecule has 1 amide bonds. The fourth-order valence-electron chi connectivity index (χ4n) is 3.95. The molecule has 0 atom stereocenters. The van der Waals surface area contributed by atoms with E-state index >= 15 is 0 Å². The zero-order valence-corrected chi connectivity index (χ0v) is 19.5. The number of hydrogen-bond donors (Lipinski definition) is 1. The molecule has 0 bridgehead atoms. The van der Waals surface area contributed by atoms with Crippen LogP contribution < -0.4 is 10.1 Å². The minimum absolute atomic E-state index is 0.265. The van der Waals surface area contributed by atoms with E-state index in [0.29, 0.717) is 29.4 Å². The van der Waals surface area contributed by atoms with Gasteiger partial charge in [0.2, 0.25) is 0 Å². The predicted molar refractivity (Wildman–Crippen MR) is 124 cm³/mol. The van der Waals surface area contributed by atoms with Gasteiger partial charge >= 0.3 is 6.18 Å². The van der Waals surface area contributed by atoms with Crippen molar-refractivity contribution in [2.75, 3.05) is 12.4 Å². The first-order chi connectivity index (χ1) is 16.2. The number of methoxy groups -OCH3 is 1. The number of fused-ring (bicyclic) bond motifs is 1. The van der Waals surface area contributed by atoms with Crippen LogP contribution in [0.1, 0.15) is 74.3 Å². The predicted octanol–water partition coefficient (Wildman–Crippen LogP) is 7.38. The van der Waals surface area contributed by atoms with Crippen LogP contribution in [0.15, 0.2) is 36.5 Å². The Morgan fingerprint density at radius 1 is 1.12 bits per heavy atom. The van der Waals surface area contributed by atoms with Gasteiger partial charge in [-0.1, -0.05) is 39.5 Å². The first-order valence-corrected chi connectivity index (χ1v) is 11.4. The summed E-state index contributed by atoms with van der Waals surface area (Å²) in [7, 11) is 1.42. The number of halogens is 4. The highest BCUT2D eigenvalue weighted by atomic mass is 19.4. The van der Waals surface area contributed by atoms with Crippen molar-refractivity contribution < 1.29 is 27.1 Å². The molecule has 0 saturated heterocycles. The monoisotopic (exact) mass is 479 g/mol. The average Bonchev–Trinajstić information content (AvgIpc) is 3.21. The lowest BCUT2D eigenvalue weighted by atomic mass is 9.96. The van der Waals surface area contributed by atoms with Gasteiger partial charge in [-0.15, -0.1) is 0 Å². The molecule has 0 unspecified atom stereocenters. The topological polar surface area (TPSA) is 56.1 Å². The molecule has 0 radical (unpaired) electrons. The maximum Gasteiger partial charge on any atom is 0.416 e. The van der Waals surface area contributed by atoms with Gasteiger partial charge in [0.05, 0.1) is 29.9 Å². The zero-order chi connectivity index (χ0) is 24.9. The van der Waals surface area contributed by atoms with E-state index in [1.165, 1.54) is 20.0 Å². The summed E-state index contributed by atoms with van der Waals surface area (Å²) in [5, 5.41) is 7.91. The summed E-state index contributed by atoms with van der Waals surface area (Å²) in [6, 6.07) is 5.36. The fourth-order valence-corrected chi connectivity index (χ4v) is 3.95. The number of benzene rings is 2. The summed E-state index contributed by atoms with van der Waals surface area (Å²) >= 11 is 0. The normalized spacial score (nSPS) is 14.4. The lowest BCUT2D eigenvalue weighted by Crippen LogP contribution is -2.15. The fraction of sp³-hybridized carbons (Fsp3) is 0.440. The molecule has 0 aliphatic heterocycles. The Bertz CT molecular complexity index is 1140. The van der Waals surface area contributed by atoms with Crippen LogP contribution in [0.4, 0.5) is 23.2 Å². The Balaban J connectivity index is 0.00000103. The zero-order valence-electron chi connectivity index (χ0n) is 19.5. The van der Waals surface area contributed by atoms with E-state index < -0.39 is 29.0 Å². The van der Waals surface area contributed by atoms with Crippen molar-refractivity contribution in [2.24, 2.45) is 0 Å². The van der Waals surface area contributed by atoms with Crippen LogP contribution in [0.25, 0.3) is 10.9 Å². The number of nitrogens with one attached hydrogen (secondary N) is 1. The van der Waals surface area contributed by atoms with Crippen LogP contribution in [0.3, 0.4) is 0 Å². The van der Waals surface area contributed by atoms with Gasteiger partial charge in [0.15, 0.2) is 0 Å². The summed E-state index contributed by atoms with van der Waals surface area (Å²) in [6.07, 6.45) is 4.01. The van der Waals surface area contributed by atoms with Crippen molar-refractivity contribution >= 4 is 22.5 Å². The molecule has 184 valence electrons. The summed E-state index contributed by atoms with van der Waals surface area (Å²) in [5.41, 5.74) is -0.715. The molecule has 1 aliphatic carbocycles. The van der Waals surface area contributed by atoms with Gasteiger partial charge in [0, 0.05) is 23.2 Å². The van der Waals surface area contributed by atoms with Gasteiger partial charge in [-0.05, 0) is 37.1 Å².